The van der Waals surface area contributed by atoms with Crippen LogP contribution in [0.4, 0.5) is 0 Å². The molecule has 2 unspecified atom stereocenters. The molecule has 1 aliphatic heterocycles. The van der Waals surface area contributed by atoms with Crippen molar-refractivity contribution in [3.63, 3.8) is 0 Å². The predicted molar refractivity (Wildman–Crippen MR) is 68.0 cm³/mol. The molecule has 88 valence electrons. The summed E-state index contributed by atoms with van der Waals surface area (Å²) in [7, 11) is 0. The number of alkyl halides is 1. The van der Waals surface area contributed by atoms with E-state index in [9.17, 15) is 0 Å². The monoisotopic (exact) mass is 238 g/mol. The van der Waals surface area contributed by atoms with Crippen molar-refractivity contribution in [3.05, 3.63) is 35.9 Å². The Bertz CT molecular complexity index is 325. The molecule has 1 aliphatic rings. The van der Waals surface area contributed by atoms with Crippen molar-refractivity contribution in [2.75, 3.05) is 6.61 Å². The van der Waals surface area contributed by atoms with Crippen LogP contribution in [0.2, 0.25) is 0 Å². The largest absolute Gasteiger partial charge is 0.375 e. The van der Waals surface area contributed by atoms with Gasteiger partial charge in [-0.05, 0) is 24.8 Å². The van der Waals surface area contributed by atoms with Crippen LogP contribution in [0.1, 0.15) is 31.7 Å². The molecule has 0 aliphatic carbocycles. The lowest BCUT2D eigenvalue weighted by molar-refractivity contribution is -0.0784. The number of hydrogen-bond donors (Lipinski definition) is 0. The lowest BCUT2D eigenvalue weighted by Crippen LogP contribution is -2.41. The average molecular weight is 239 g/mol. The Morgan fingerprint density at radius 3 is 2.75 bits per heavy atom. The average Bonchev–Trinajstić information content (AvgIpc) is 2.30. The Balaban J connectivity index is 2.10. The van der Waals surface area contributed by atoms with Gasteiger partial charge in [0.25, 0.3) is 0 Å². The zero-order valence-electron chi connectivity index (χ0n) is 9.79. The van der Waals surface area contributed by atoms with Crippen molar-refractivity contribution >= 4 is 11.6 Å². The first-order valence-electron chi connectivity index (χ1n) is 6.06. The Morgan fingerprint density at radius 2 is 2.12 bits per heavy atom. The molecule has 0 amide bonds. The van der Waals surface area contributed by atoms with Gasteiger partial charge in [-0.25, -0.2) is 0 Å². The van der Waals surface area contributed by atoms with Gasteiger partial charge >= 0.3 is 0 Å². The molecule has 1 nitrogen and oxygen atoms in total. The molecular formula is C14H19ClO. The lowest BCUT2D eigenvalue weighted by Gasteiger charge is -2.39. The van der Waals surface area contributed by atoms with Crippen LogP contribution >= 0.6 is 11.6 Å². The summed E-state index contributed by atoms with van der Waals surface area (Å²) in [6.45, 7) is 2.99. The molecule has 1 saturated heterocycles. The second-order valence-electron chi connectivity index (χ2n) is 4.64. The first-order valence-corrected chi connectivity index (χ1v) is 6.50. The molecule has 0 saturated carbocycles. The molecule has 0 bridgehead atoms. The van der Waals surface area contributed by atoms with Gasteiger partial charge in [-0.1, -0.05) is 37.3 Å². The number of hydrogen-bond acceptors (Lipinski definition) is 1. The fraction of sp³-hybridized carbons (Fsp3) is 0.571. The summed E-state index contributed by atoms with van der Waals surface area (Å²) < 4.78 is 6.00. The minimum Gasteiger partial charge on any atom is -0.375 e. The first-order chi connectivity index (χ1) is 7.74. The van der Waals surface area contributed by atoms with Crippen molar-refractivity contribution in [3.8, 4) is 0 Å². The molecule has 2 atom stereocenters. The Labute approximate surface area is 103 Å². The fourth-order valence-electron chi connectivity index (χ4n) is 2.43. The zero-order valence-corrected chi connectivity index (χ0v) is 10.5. The van der Waals surface area contributed by atoms with Crippen LogP contribution in [0.15, 0.2) is 30.3 Å². The maximum Gasteiger partial charge on any atom is 0.0734 e. The third-order valence-electron chi connectivity index (χ3n) is 3.45. The Kier molecular flexibility index (Phi) is 3.88. The molecule has 1 aromatic rings. The van der Waals surface area contributed by atoms with Crippen molar-refractivity contribution in [2.24, 2.45) is 0 Å². The maximum absolute atomic E-state index is 6.27. The van der Waals surface area contributed by atoms with Gasteiger partial charge in [-0.15, -0.1) is 11.6 Å². The molecule has 2 heteroatoms. The van der Waals surface area contributed by atoms with Crippen LogP contribution in [0, 0.1) is 0 Å². The van der Waals surface area contributed by atoms with Crippen LogP contribution in [0.3, 0.4) is 0 Å². The molecule has 1 heterocycles. The van der Waals surface area contributed by atoms with Gasteiger partial charge in [0.05, 0.1) is 5.60 Å². The summed E-state index contributed by atoms with van der Waals surface area (Å²) in [4.78, 5) is 0. The maximum atomic E-state index is 6.27. The number of halogens is 1. The normalized spacial score (nSPS) is 30.2. The molecule has 0 N–H and O–H groups in total. The van der Waals surface area contributed by atoms with Crippen LogP contribution < -0.4 is 0 Å². The van der Waals surface area contributed by atoms with E-state index >= 15 is 0 Å². The number of ether oxygens (including phenoxy) is 1. The Hall–Kier alpha value is -0.530. The van der Waals surface area contributed by atoms with Crippen molar-refractivity contribution in [1.29, 1.82) is 0 Å². The van der Waals surface area contributed by atoms with Crippen LogP contribution in [-0.4, -0.2) is 17.6 Å². The standard InChI is InChI=1S/C14H19ClO/c1-2-14(11-13(15)8-9-16-14)10-12-6-4-3-5-7-12/h3-7,13H,2,8-11H2,1H3. The SMILES string of the molecule is CCC1(Cc2ccccc2)CC(Cl)CCO1. The van der Waals surface area contributed by atoms with E-state index in [2.05, 4.69) is 31.2 Å². The van der Waals surface area contributed by atoms with Gasteiger partial charge in [0, 0.05) is 18.4 Å². The van der Waals surface area contributed by atoms with Crippen LogP contribution in [0.5, 0.6) is 0 Å². The molecule has 1 fully saturated rings. The molecule has 0 aromatic heterocycles. The highest BCUT2D eigenvalue weighted by atomic mass is 35.5. The van der Waals surface area contributed by atoms with Crippen molar-refractivity contribution in [2.45, 2.75) is 43.6 Å². The predicted octanol–water partition coefficient (Wildman–Crippen LogP) is 3.80. The highest BCUT2D eigenvalue weighted by Crippen LogP contribution is 2.34. The smallest absolute Gasteiger partial charge is 0.0734 e. The topological polar surface area (TPSA) is 9.23 Å². The Morgan fingerprint density at radius 1 is 1.38 bits per heavy atom. The van der Waals surface area contributed by atoms with E-state index in [1.165, 1.54) is 5.56 Å². The molecule has 0 spiro atoms. The molecule has 0 radical (unpaired) electrons. The second-order valence-corrected chi connectivity index (χ2v) is 5.25. The number of benzene rings is 1. The summed E-state index contributed by atoms with van der Waals surface area (Å²) in [6, 6.07) is 10.5. The zero-order chi connectivity index (χ0) is 11.4. The summed E-state index contributed by atoms with van der Waals surface area (Å²) in [5, 5.41) is 0.275. The van der Waals surface area contributed by atoms with Gasteiger partial charge in [0.2, 0.25) is 0 Å². The van der Waals surface area contributed by atoms with Gasteiger partial charge in [-0.2, -0.15) is 0 Å². The van der Waals surface area contributed by atoms with E-state index in [0.29, 0.717) is 0 Å². The van der Waals surface area contributed by atoms with E-state index in [4.69, 9.17) is 16.3 Å². The first kappa shape index (κ1) is 11.9. The number of rotatable bonds is 3. The van der Waals surface area contributed by atoms with E-state index < -0.39 is 0 Å². The van der Waals surface area contributed by atoms with Crippen molar-refractivity contribution < 1.29 is 4.74 Å². The van der Waals surface area contributed by atoms with E-state index in [0.717, 1.165) is 32.3 Å². The second kappa shape index (κ2) is 5.20. The highest BCUT2D eigenvalue weighted by Gasteiger charge is 2.35. The third-order valence-corrected chi connectivity index (χ3v) is 3.82. The van der Waals surface area contributed by atoms with E-state index in [1.807, 2.05) is 6.07 Å². The molecular weight excluding hydrogens is 220 g/mol. The molecule has 2 rings (SSSR count). The summed E-state index contributed by atoms with van der Waals surface area (Å²) >= 11 is 6.27. The van der Waals surface area contributed by atoms with Crippen LogP contribution in [-0.2, 0) is 11.2 Å². The van der Waals surface area contributed by atoms with Gasteiger partial charge in [0.1, 0.15) is 0 Å². The fourth-order valence-corrected chi connectivity index (χ4v) is 2.80. The van der Waals surface area contributed by atoms with E-state index in [-0.39, 0.29) is 11.0 Å². The third kappa shape index (κ3) is 2.78. The lowest BCUT2D eigenvalue weighted by atomic mass is 9.85. The highest BCUT2D eigenvalue weighted by molar-refractivity contribution is 6.20. The van der Waals surface area contributed by atoms with Crippen LogP contribution in [0.25, 0.3) is 0 Å². The molecule has 1 aromatic carbocycles. The molecule has 16 heavy (non-hydrogen) atoms. The summed E-state index contributed by atoms with van der Waals surface area (Å²) in [6.07, 6.45) is 3.97. The minimum absolute atomic E-state index is 0.0357. The van der Waals surface area contributed by atoms with Gasteiger partial charge in [0.15, 0.2) is 0 Å². The van der Waals surface area contributed by atoms with Gasteiger partial charge in [-0.3, -0.25) is 0 Å². The summed E-state index contributed by atoms with van der Waals surface area (Å²) in [5.74, 6) is 0. The quantitative estimate of drug-likeness (QED) is 0.728. The van der Waals surface area contributed by atoms with Gasteiger partial charge < -0.3 is 4.74 Å². The minimum atomic E-state index is -0.0357. The summed E-state index contributed by atoms with van der Waals surface area (Å²) in [5.41, 5.74) is 1.31. The van der Waals surface area contributed by atoms with E-state index in [1.54, 1.807) is 0 Å². The van der Waals surface area contributed by atoms with Crippen molar-refractivity contribution in [1.82, 2.24) is 0 Å².